The maximum absolute atomic E-state index is 13.7. The third-order valence-corrected chi connectivity index (χ3v) is 8.51. The number of benzene rings is 4. The molecule has 6 rings (SSSR count). The van der Waals surface area contributed by atoms with E-state index in [4.69, 9.17) is 9.47 Å². The highest BCUT2D eigenvalue weighted by atomic mass is 16.5. The van der Waals surface area contributed by atoms with Crippen molar-refractivity contribution in [3.05, 3.63) is 106 Å². The summed E-state index contributed by atoms with van der Waals surface area (Å²) in [4.78, 5) is 26.8. The number of nitriles is 1. The van der Waals surface area contributed by atoms with Gasteiger partial charge < -0.3 is 19.7 Å². The van der Waals surface area contributed by atoms with Gasteiger partial charge in [0, 0.05) is 35.6 Å². The number of phenols is 1. The normalized spacial score (nSPS) is 11.1. The summed E-state index contributed by atoms with van der Waals surface area (Å²) >= 11 is 0. The van der Waals surface area contributed by atoms with Crippen molar-refractivity contribution in [2.75, 3.05) is 20.8 Å². The van der Waals surface area contributed by atoms with Crippen molar-refractivity contribution < 1.29 is 24.5 Å². The van der Waals surface area contributed by atoms with Crippen molar-refractivity contribution in [3.63, 3.8) is 0 Å². The van der Waals surface area contributed by atoms with E-state index in [9.17, 15) is 25.1 Å². The standard InChI is InChI=1S/C37H33N5O6/c1-41-35(28-16-23(8-6-7-15-43)26-9-4-5-10-27(26)30(28)19-38)31(20-39-41)24-17-29-33(32(44)18-24)36(45)42(40-34(29)37(46)48-3)21-22-11-13-25(47-2)14-12-22/h4-5,9-14,16-18,20,43-44H,6-8,15,21H2,1-3H3. The van der Waals surface area contributed by atoms with Crippen molar-refractivity contribution in [2.24, 2.45) is 7.05 Å². The van der Waals surface area contributed by atoms with Crippen LogP contribution in [0.25, 0.3) is 43.9 Å². The van der Waals surface area contributed by atoms with Crippen LogP contribution in [0.15, 0.2) is 77.7 Å². The number of carbonyl (C=O) groups excluding carboxylic acids is 1. The van der Waals surface area contributed by atoms with Gasteiger partial charge in [-0.3, -0.25) is 9.48 Å². The number of phenolic OH excluding ortho intramolecular Hbond substituents is 1. The Balaban J connectivity index is 1.55. The summed E-state index contributed by atoms with van der Waals surface area (Å²) in [5.41, 5.74) is 3.78. The largest absolute Gasteiger partial charge is 0.507 e. The molecule has 11 heteroatoms. The van der Waals surface area contributed by atoms with Crippen molar-refractivity contribution in [1.29, 1.82) is 5.26 Å². The van der Waals surface area contributed by atoms with E-state index in [0.717, 1.165) is 33.0 Å². The third kappa shape index (κ3) is 5.74. The number of ether oxygens (including phenoxy) is 2. The van der Waals surface area contributed by atoms with Crippen LogP contribution in [0.4, 0.5) is 0 Å². The van der Waals surface area contributed by atoms with Gasteiger partial charge in [0.15, 0.2) is 5.69 Å². The zero-order chi connectivity index (χ0) is 33.9. The highest BCUT2D eigenvalue weighted by molar-refractivity contribution is 6.06. The van der Waals surface area contributed by atoms with Crippen LogP contribution in [0.5, 0.6) is 11.5 Å². The molecule has 242 valence electrons. The second kappa shape index (κ2) is 13.4. The number of aromatic hydroxyl groups is 1. The van der Waals surface area contributed by atoms with Crippen LogP contribution in [0.2, 0.25) is 0 Å². The number of fused-ring (bicyclic) bond motifs is 2. The van der Waals surface area contributed by atoms with Gasteiger partial charge in [0.05, 0.1) is 43.6 Å². The first-order valence-corrected chi connectivity index (χ1v) is 15.4. The molecule has 2 aromatic heterocycles. The van der Waals surface area contributed by atoms with Gasteiger partial charge in [-0.25, -0.2) is 9.48 Å². The molecular weight excluding hydrogens is 610 g/mol. The molecule has 0 aliphatic carbocycles. The lowest BCUT2D eigenvalue weighted by Gasteiger charge is -2.16. The van der Waals surface area contributed by atoms with Gasteiger partial charge in [-0.1, -0.05) is 36.4 Å². The molecule has 2 heterocycles. The number of hydrogen-bond acceptors (Lipinski definition) is 9. The number of nitrogens with zero attached hydrogens (tertiary/aromatic N) is 5. The minimum Gasteiger partial charge on any atom is -0.507 e. The quantitative estimate of drug-likeness (QED) is 0.149. The molecule has 0 unspecified atom stereocenters. The number of aryl methyl sites for hydroxylation is 2. The van der Waals surface area contributed by atoms with E-state index in [2.05, 4.69) is 16.3 Å². The summed E-state index contributed by atoms with van der Waals surface area (Å²) < 4.78 is 13.0. The molecular formula is C37H33N5O6. The monoisotopic (exact) mass is 643 g/mol. The predicted molar refractivity (Wildman–Crippen MR) is 181 cm³/mol. The first-order chi connectivity index (χ1) is 23.3. The molecule has 0 atom stereocenters. The zero-order valence-corrected chi connectivity index (χ0v) is 26.7. The fourth-order valence-electron chi connectivity index (χ4n) is 6.16. The Morgan fingerprint density at radius 1 is 0.979 bits per heavy atom. The zero-order valence-electron chi connectivity index (χ0n) is 26.7. The molecule has 0 saturated carbocycles. The van der Waals surface area contributed by atoms with Crippen molar-refractivity contribution in [2.45, 2.75) is 25.8 Å². The Morgan fingerprint density at radius 3 is 2.42 bits per heavy atom. The maximum atomic E-state index is 13.7. The topological polar surface area (TPSA) is 152 Å². The molecule has 0 amide bonds. The minimum atomic E-state index is -0.778. The van der Waals surface area contributed by atoms with Crippen molar-refractivity contribution in [3.8, 4) is 40.0 Å². The molecule has 11 nitrogen and oxygen atoms in total. The summed E-state index contributed by atoms with van der Waals surface area (Å²) in [7, 11) is 4.54. The number of aliphatic hydroxyl groups is 1. The average Bonchev–Trinajstić information content (AvgIpc) is 3.49. The molecule has 0 aliphatic rings. The smallest absolute Gasteiger partial charge is 0.359 e. The van der Waals surface area contributed by atoms with Crippen molar-refractivity contribution in [1.82, 2.24) is 19.6 Å². The number of carbonyl (C=O) groups is 1. The fourth-order valence-corrected chi connectivity index (χ4v) is 6.16. The Hall–Kier alpha value is -5.99. The van der Waals surface area contributed by atoms with Crippen LogP contribution in [0, 0.1) is 11.3 Å². The first kappa shape index (κ1) is 32.0. The molecule has 48 heavy (non-hydrogen) atoms. The van der Waals surface area contributed by atoms with E-state index in [1.807, 2.05) is 30.3 Å². The molecule has 0 aliphatic heterocycles. The van der Waals surface area contributed by atoms with Crippen LogP contribution in [0.1, 0.15) is 40.0 Å². The van der Waals surface area contributed by atoms with E-state index >= 15 is 0 Å². The Bertz CT molecular complexity index is 2280. The highest BCUT2D eigenvalue weighted by Crippen LogP contribution is 2.40. The maximum Gasteiger partial charge on any atom is 0.359 e. The van der Waals surface area contributed by atoms with Gasteiger partial charge in [0.1, 0.15) is 17.6 Å². The van der Waals surface area contributed by atoms with Crippen LogP contribution < -0.4 is 10.3 Å². The van der Waals surface area contributed by atoms with Gasteiger partial charge in [-0.05, 0) is 71.7 Å². The van der Waals surface area contributed by atoms with Crippen molar-refractivity contribution >= 4 is 27.5 Å². The van der Waals surface area contributed by atoms with Crippen LogP contribution in [-0.2, 0) is 24.8 Å². The first-order valence-electron chi connectivity index (χ1n) is 15.4. The minimum absolute atomic E-state index is 0.0379. The number of esters is 1. The molecule has 0 fully saturated rings. The van der Waals surface area contributed by atoms with Gasteiger partial charge in [-0.2, -0.15) is 15.5 Å². The lowest BCUT2D eigenvalue weighted by atomic mass is 9.89. The molecule has 0 bridgehead atoms. The Kier molecular flexibility index (Phi) is 8.92. The molecule has 6 aromatic rings. The molecule has 4 aromatic carbocycles. The number of methoxy groups -OCH3 is 2. The predicted octanol–water partition coefficient (Wildman–Crippen LogP) is 5.35. The lowest BCUT2D eigenvalue weighted by Crippen LogP contribution is -2.27. The fraction of sp³-hybridized carbons (Fsp3) is 0.216. The van der Waals surface area contributed by atoms with Crippen LogP contribution in [0.3, 0.4) is 0 Å². The van der Waals surface area contributed by atoms with Gasteiger partial charge in [0.2, 0.25) is 0 Å². The van der Waals surface area contributed by atoms with E-state index in [1.165, 1.54) is 13.2 Å². The number of unbranched alkanes of at least 4 members (excludes halogenated alkanes) is 1. The highest BCUT2D eigenvalue weighted by Gasteiger charge is 2.24. The van der Waals surface area contributed by atoms with Gasteiger partial charge in [0.25, 0.3) is 5.56 Å². The molecule has 0 saturated heterocycles. The van der Waals surface area contributed by atoms with E-state index < -0.39 is 11.5 Å². The summed E-state index contributed by atoms with van der Waals surface area (Å²) in [6, 6.07) is 22.2. The lowest BCUT2D eigenvalue weighted by molar-refractivity contribution is 0.0593. The third-order valence-electron chi connectivity index (χ3n) is 8.51. The van der Waals surface area contributed by atoms with Crippen LogP contribution >= 0.6 is 0 Å². The van der Waals surface area contributed by atoms with E-state index in [1.54, 1.807) is 55.4 Å². The molecule has 0 spiro atoms. The second-order valence-corrected chi connectivity index (χ2v) is 11.4. The second-order valence-electron chi connectivity index (χ2n) is 11.4. The summed E-state index contributed by atoms with van der Waals surface area (Å²) in [6.07, 6.45) is 3.73. The molecule has 2 N–H and O–H groups in total. The molecule has 0 radical (unpaired) electrons. The van der Waals surface area contributed by atoms with Gasteiger partial charge >= 0.3 is 5.97 Å². The van der Waals surface area contributed by atoms with Crippen LogP contribution in [-0.4, -0.2) is 56.6 Å². The Morgan fingerprint density at radius 2 is 1.73 bits per heavy atom. The SMILES string of the molecule is COC(=O)c1nn(Cc2ccc(OC)cc2)c(=O)c2c(O)cc(-c3cnn(C)c3-c3cc(CCCCO)c4ccccc4c3C#N)cc12. The summed E-state index contributed by atoms with van der Waals surface area (Å²) in [5, 5.41) is 41.9. The number of aliphatic hydroxyl groups excluding tert-OH is 1. The van der Waals surface area contributed by atoms with E-state index in [-0.39, 0.29) is 35.4 Å². The summed E-state index contributed by atoms with van der Waals surface area (Å²) in [6.45, 7) is 0.129. The number of hydrogen-bond donors (Lipinski definition) is 2. The van der Waals surface area contributed by atoms with Gasteiger partial charge in [-0.15, -0.1) is 0 Å². The average molecular weight is 644 g/mol. The number of rotatable bonds is 10. The Labute approximate surface area is 275 Å². The summed E-state index contributed by atoms with van der Waals surface area (Å²) in [5.74, 6) is -0.474. The van der Waals surface area contributed by atoms with E-state index in [0.29, 0.717) is 46.5 Å². The number of aromatic nitrogens is 4.